The van der Waals surface area contributed by atoms with E-state index in [1.54, 1.807) is 42.5 Å². The molecule has 4 N–H and O–H groups in total. The maximum atomic E-state index is 11.8. The fraction of sp³-hybridized carbons (Fsp3) is 0.364. The first-order chi connectivity index (χ1) is 15.7. The number of nitrogens with zero attached hydrogens (tertiary/aromatic N) is 1. The highest BCUT2D eigenvalue weighted by molar-refractivity contribution is 6.30. The zero-order chi connectivity index (χ0) is 24.2. The van der Waals surface area contributed by atoms with Gasteiger partial charge in [0.15, 0.2) is 17.6 Å². The molecule has 0 radical (unpaired) electrons. The molecule has 33 heavy (non-hydrogen) atoms. The molecule has 2 aromatic rings. The fourth-order valence-corrected chi connectivity index (χ4v) is 3.80. The number of benzene rings is 2. The van der Waals surface area contributed by atoms with Crippen LogP contribution in [0.15, 0.2) is 48.5 Å². The van der Waals surface area contributed by atoms with Gasteiger partial charge in [-0.05, 0) is 17.7 Å². The number of hydrogen-bond donors (Lipinski definition) is 4. The number of carboxylic acid groups (broad SMARTS) is 2. The minimum atomic E-state index is -3.06. The van der Waals surface area contributed by atoms with Crippen LogP contribution < -0.4 is 9.47 Å². The first kappa shape index (κ1) is 24.7. The van der Waals surface area contributed by atoms with Gasteiger partial charge in [-0.3, -0.25) is 4.90 Å². The Morgan fingerprint density at radius 3 is 2.48 bits per heavy atom. The molecule has 1 fully saturated rings. The van der Waals surface area contributed by atoms with Gasteiger partial charge in [-0.25, -0.2) is 9.59 Å². The topological polar surface area (TPSA) is 146 Å². The molecule has 178 valence electrons. The van der Waals surface area contributed by atoms with Gasteiger partial charge in [-0.15, -0.1) is 0 Å². The van der Waals surface area contributed by atoms with E-state index >= 15 is 0 Å². The van der Waals surface area contributed by atoms with Crippen molar-refractivity contribution in [3.63, 3.8) is 0 Å². The number of morpholine rings is 1. The van der Waals surface area contributed by atoms with Gasteiger partial charge in [0.25, 0.3) is 5.72 Å². The van der Waals surface area contributed by atoms with Crippen molar-refractivity contribution in [2.24, 2.45) is 0 Å². The van der Waals surface area contributed by atoms with E-state index in [9.17, 15) is 24.9 Å². The van der Waals surface area contributed by atoms with Gasteiger partial charge >= 0.3 is 11.9 Å². The van der Waals surface area contributed by atoms with Crippen LogP contribution in [-0.2, 0) is 14.3 Å². The van der Waals surface area contributed by atoms with Gasteiger partial charge in [0.1, 0.15) is 6.10 Å². The van der Waals surface area contributed by atoms with Crippen molar-refractivity contribution in [1.82, 2.24) is 4.90 Å². The molecule has 0 aromatic heterocycles. The van der Waals surface area contributed by atoms with Crippen LogP contribution in [0.4, 0.5) is 0 Å². The summed E-state index contributed by atoms with van der Waals surface area (Å²) in [4.78, 5) is 24.1. The SMILES string of the molecule is COc1cc(Cl)ccc1O[C@@H](c1ccccc1)[C@@H]1CN([C@](O)(C(=O)O)[C@@H](O)C(=O)O)CCO1. The summed E-state index contributed by atoms with van der Waals surface area (Å²) in [5.41, 5.74) is -2.38. The molecule has 1 aliphatic heterocycles. The fourth-order valence-electron chi connectivity index (χ4n) is 3.64. The van der Waals surface area contributed by atoms with Gasteiger partial charge in [0.2, 0.25) is 6.10 Å². The number of aliphatic carboxylic acids is 2. The molecule has 1 aliphatic rings. The van der Waals surface area contributed by atoms with Gasteiger partial charge in [-0.2, -0.15) is 0 Å². The highest BCUT2D eigenvalue weighted by atomic mass is 35.5. The molecule has 0 saturated carbocycles. The number of aliphatic hydroxyl groups excluding tert-OH is 1. The van der Waals surface area contributed by atoms with E-state index in [0.29, 0.717) is 22.1 Å². The van der Waals surface area contributed by atoms with Gasteiger partial charge in [-0.1, -0.05) is 41.9 Å². The first-order valence-corrected chi connectivity index (χ1v) is 10.3. The molecule has 0 unspecified atom stereocenters. The van der Waals surface area contributed by atoms with Crippen molar-refractivity contribution in [3.8, 4) is 11.5 Å². The molecular formula is C22H24ClNO9. The Hall–Kier alpha value is -2.89. The Morgan fingerprint density at radius 1 is 1.18 bits per heavy atom. The minimum absolute atomic E-state index is 0.0446. The Bertz CT molecular complexity index is 989. The van der Waals surface area contributed by atoms with Crippen molar-refractivity contribution >= 4 is 23.5 Å². The maximum Gasteiger partial charge on any atom is 0.355 e. The molecule has 1 saturated heterocycles. The normalized spacial score (nSPS) is 20.3. The van der Waals surface area contributed by atoms with E-state index in [1.165, 1.54) is 7.11 Å². The summed E-state index contributed by atoms with van der Waals surface area (Å²) in [7, 11) is 1.45. The molecule has 0 amide bonds. The lowest BCUT2D eigenvalue weighted by Gasteiger charge is -2.43. The summed E-state index contributed by atoms with van der Waals surface area (Å²) < 4.78 is 17.4. The van der Waals surface area contributed by atoms with Gasteiger partial charge in [0, 0.05) is 24.2 Å². The number of methoxy groups -OCH3 is 1. The van der Waals surface area contributed by atoms with Crippen LogP contribution in [0, 0.1) is 0 Å². The van der Waals surface area contributed by atoms with Crippen LogP contribution in [-0.4, -0.2) is 82.0 Å². The average molecular weight is 482 g/mol. The molecule has 0 spiro atoms. The van der Waals surface area contributed by atoms with Gasteiger partial charge < -0.3 is 34.6 Å². The van der Waals surface area contributed by atoms with E-state index in [1.807, 2.05) is 6.07 Å². The lowest BCUT2D eigenvalue weighted by molar-refractivity contribution is -0.231. The maximum absolute atomic E-state index is 11.8. The predicted octanol–water partition coefficient (Wildman–Crippen LogP) is 1.39. The number of aliphatic hydroxyl groups is 2. The van der Waals surface area contributed by atoms with Crippen LogP contribution in [0.2, 0.25) is 5.02 Å². The molecule has 11 heteroatoms. The lowest BCUT2D eigenvalue weighted by atomic mass is 9.99. The standard InChI is InChI=1S/C22H24ClNO9/c1-31-16-11-14(23)7-8-15(16)33-18(13-5-3-2-4-6-13)17-12-24(9-10-32-17)22(30,21(28)29)19(25)20(26)27/h2-8,11,17-19,25,30H,9-10,12H2,1H3,(H,26,27)(H,28,29)/t17-,18-,19-,22+/m0/s1. The molecule has 0 aliphatic carbocycles. The lowest BCUT2D eigenvalue weighted by Crippen LogP contribution is -2.68. The Balaban J connectivity index is 1.96. The minimum Gasteiger partial charge on any atom is -0.493 e. The molecule has 0 bridgehead atoms. The smallest absolute Gasteiger partial charge is 0.355 e. The third kappa shape index (κ3) is 5.21. The second kappa shape index (κ2) is 10.4. The first-order valence-electron chi connectivity index (χ1n) is 9.97. The zero-order valence-electron chi connectivity index (χ0n) is 17.6. The highest BCUT2D eigenvalue weighted by Gasteiger charge is 2.54. The van der Waals surface area contributed by atoms with Crippen LogP contribution in [0.1, 0.15) is 11.7 Å². The third-order valence-corrected chi connectivity index (χ3v) is 5.59. The molecule has 1 heterocycles. The second-order valence-electron chi connectivity index (χ2n) is 7.37. The number of carbonyl (C=O) groups is 2. The van der Waals surface area contributed by atoms with E-state index < -0.39 is 36.0 Å². The van der Waals surface area contributed by atoms with Gasteiger partial charge in [0.05, 0.1) is 13.7 Å². The van der Waals surface area contributed by atoms with Crippen molar-refractivity contribution in [3.05, 3.63) is 59.1 Å². The summed E-state index contributed by atoms with van der Waals surface area (Å²) in [5, 5.41) is 39.8. The largest absolute Gasteiger partial charge is 0.493 e. The summed E-state index contributed by atoms with van der Waals surface area (Å²) in [5.74, 6) is -3.06. The van der Waals surface area contributed by atoms with Crippen LogP contribution in [0.25, 0.3) is 0 Å². The summed E-state index contributed by atoms with van der Waals surface area (Å²) in [6, 6.07) is 13.7. The molecule has 2 aromatic carbocycles. The number of ether oxygens (including phenoxy) is 3. The number of hydrogen-bond acceptors (Lipinski definition) is 8. The number of carboxylic acids is 2. The quantitative estimate of drug-likeness (QED) is 0.414. The zero-order valence-corrected chi connectivity index (χ0v) is 18.4. The number of halogens is 1. The molecule has 10 nitrogen and oxygen atoms in total. The summed E-state index contributed by atoms with van der Waals surface area (Å²) in [6.07, 6.45) is -4.22. The van der Waals surface area contributed by atoms with Crippen molar-refractivity contribution in [1.29, 1.82) is 0 Å². The van der Waals surface area contributed by atoms with E-state index in [0.717, 1.165) is 4.90 Å². The molecule has 4 atom stereocenters. The van der Waals surface area contributed by atoms with Crippen molar-refractivity contribution in [2.45, 2.75) is 24.0 Å². The Kier molecular flexibility index (Phi) is 7.77. The highest BCUT2D eigenvalue weighted by Crippen LogP contribution is 2.36. The monoisotopic (exact) mass is 481 g/mol. The Morgan fingerprint density at radius 2 is 1.88 bits per heavy atom. The van der Waals surface area contributed by atoms with Crippen LogP contribution >= 0.6 is 11.6 Å². The predicted molar refractivity (Wildman–Crippen MR) is 115 cm³/mol. The Labute approximate surface area is 194 Å². The van der Waals surface area contributed by atoms with E-state index in [2.05, 4.69) is 0 Å². The molecular weight excluding hydrogens is 458 g/mol. The van der Waals surface area contributed by atoms with Crippen LogP contribution in [0.3, 0.4) is 0 Å². The van der Waals surface area contributed by atoms with E-state index in [4.69, 9.17) is 30.9 Å². The third-order valence-electron chi connectivity index (χ3n) is 5.35. The average Bonchev–Trinajstić information content (AvgIpc) is 2.82. The van der Waals surface area contributed by atoms with E-state index in [-0.39, 0.29) is 19.7 Å². The van der Waals surface area contributed by atoms with Crippen LogP contribution in [0.5, 0.6) is 11.5 Å². The van der Waals surface area contributed by atoms with Crippen molar-refractivity contribution in [2.75, 3.05) is 26.8 Å². The number of rotatable bonds is 9. The molecule has 3 rings (SSSR count). The second-order valence-corrected chi connectivity index (χ2v) is 7.81. The summed E-state index contributed by atoms with van der Waals surface area (Å²) in [6.45, 7) is -0.422. The van der Waals surface area contributed by atoms with Crippen molar-refractivity contribution < 1.29 is 44.2 Å². The summed E-state index contributed by atoms with van der Waals surface area (Å²) >= 11 is 6.03.